The van der Waals surface area contributed by atoms with Gasteiger partial charge in [-0.1, -0.05) is 17.3 Å². The number of thioether (sulfide) groups is 1. The maximum atomic E-state index is 13.2. The van der Waals surface area contributed by atoms with Crippen LogP contribution in [0, 0.1) is 0 Å². The van der Waals surface area contributed by atoms with Gasteiger partial charge < -0.3 is 14.5 Å². The molecule has 27 heavy (non-hydrogen) atoms. The standard InChI is InChI=1S/C17H21FN2OS.C3H6O2/c1-12(17-20(4)10-11-22-17)14(3)21-19-13(2)15-6-5-7-16(18)9-8-15;1-2-5-3-4/h6-11,17H,5H2,1-4H3;3H,2H2,1H3/b14-12+,19-13+;. The molecule has 1 aliphatic heterocycles. The molecule has 0 bridgehead atoms. The summed E-state index contributed by atoms with van der Waals surface area (Å²) in [6, 6.07) is 0. The van der Waals surface area contributed by atoms with Gasteiger partial charge in [-0.3, -0.25) is 4.79 Å². The van der Waals surface area contributed by atoms with Crippen molar-refractivity contribution in [1.82, 2.24) is 4.90 Å². The Morgan fingerprint density at radius 2 is 2.11 bits per heavy atom. The molecule has 0 fully saturated rings. The molecular weight excluding hydrogens is 367 g/mol. The zero-order valence-corrected chi connectivity index (χ0v) is 17.3. The highest BCUT2D eigenvalue weighted by molar-refractivity contribution is 8.03. The molecule has 5 nitrogen and oxygen atoms in total. The van der Waals surface area contributed by atoms with Crippen molar-refractivity contribution in [2.24, 2.45) is 5.16 Å². The lowest BCUT2D eigenvalue weighted by Gasteiger charge is -2.21. The molecule has 2 aliphatic rings. The maximum absolute atomic E-state index is 13.2. The number of ether oxygens (including phenoxy) is 1. The van der Waals surface area contributed by atoms with Gasteiger partial charge in [-0.05, 0) is 57.2 Å². The summed E-state index contributed by atoms with van der Waals surface area (Å²) in [5, 5.41) is 6.50. The number of hydrogen-bond donors (Lipinski definition) is 0. The van der Waals surface area contributed by atoms with E-state index in [4.69, 9.17) is 4.84 Å². The van der Waals surface area contributed by atoms with Crippen LogP contribution in [0.3, 0.4) is 0 Å². The number of carbonyl (C=O) groups is 1. The van der Waals surface area contributed by atoms with Gasteiger partial charge in [-0.2, -0.15) is 0 Å². The number of hydrogen-bond acceptors (Lipinski definition) is 6. The van der Waals surface area contributed by atoms with E-state index in [9.17, 15) is 9.18 Å². The number of carbonyl (C=O) groups excluding carboxylic acids is 1. The van der Waals surface area contributed by atoms with E-state index in [1.807, 2.05) is 40.1 Å². The van der Waals surface area contributed by atoms with Crippen LogP contribution >= 0.6 is 11.8 Å². The summed E-state index contributed by atoms with van der Waals surface area (Å²) in [6.45, 7) is 8.49. The second kappa shape index (κ2) is 12.2. The summed E-state index contributed by atoms with van der Waals surface area (Å²) < 4.78 is 17.3. The molecule has 0 aromatic rings. The van der Waals surface area contributed by atoms with Gasteiger partial charge in [0.25, 0.3) is 6.47 Å². The van der Waals surface area contributed by atoms with E-state index in [2.05, 4.69) is 20.2 Å². The van der Waals surface area contributed by atoms with Gasteiger partial charge in [0.15, 0.2) is 0 Å². The molecule has 0 aromatic carbocycles. The van der Waals surface area contributed by atoms with E-state index < -0.39 is 0 Å². The van der Waals surface area contributed by atoms with Crippen molar-refractivity contribution in [3.8, 4) is 0 Å². The molecular formula is C20H27FN2O3S. The van der Waals surface area contributed by atoms with Crippen LogP contribution in [0.25, 0.3) is 0 Å². The molecule has 0 amide bonds. The molecule has 0 spiro atoms. The molecule has 2 rings (SSSR count). The molecule has 0 radical (unpaired) electrons. The van der Waals surface area contributed by atoms with Gasteiger partial charge in [-0.15, -0.1) is 11.8 Å². The van der Waals surface area contributed by atoms with Crippen molar-refractivity contribution >= 4 is 23.9 Å². The van der Waals surface area contributed by atoms with Gasteiger partial charge >= 0.3 is 0 Å². The molecule has 0 saturated carbocycles. The van der Waals surface area contributed by atoms with E-state index in [0.717, 1.165) is 22.6 Å². The molecule has 148 valence electrons. The van der Waals surface area contributed by atoms with E-state index in [1.165, 1.54) is 12.2 Å². The number of likely N-dealkylation sites (N-methyl/N-ethyl adjacent to an activating group) is 1. The van der Waals surface area contributed by atoms with Crippen LogP contribution in [0.2, 0.25) is 0 Å². The van der Waals surface area contributed by atoms with Crippen LogP contribution in [0.15, 0.2) is 63.8 Å². The number of oxime groups is 1. The second-order valence-electron chi connectivity index (χ2n) is 5.82. The van der Waals surface area contributed by atoms with Crippen molar-refractivity contribution < 1.29 is 18.8 Å². The van der Waals surface area contributed by atoms with Crippen LogP contribution < -0.4 is 0 Å². The first-order chi connectivity index (χ1) is 12.9. The fraction of sp³-hybridized carbons (Fsp3) is 0.400. The Hall–Kier alpha value is -2.28. The third kappa shape index (κ3) is 7.86. The van der Waals surface area contributed by atoms with Crippen LogP contribution in [0.5, 0.6) is 0 Å². The third-order valence-electron chi connectivity index (χ3n) is 3.84. The topological polar surface area (TPSA) is 51.1 Å². The second-order valence-corrected chi connectivity index (χ2v) is 6.81. The smallest absolute Gasteiger partial charge is 0.293 e. The predicted molar refractivity (Wildman–Crippen MR) is 110 cm³/mol. The lowest BCUT2D eigenvalue weighted by molar-refractivity contribution is -0.128. The number of rotatable bonds is 6. The Morgan fingerprint density at radius 3 is 2.67 bits per heavy atom. The van der Waals surface area contributed by atoms with Crippen molar-refractivity contribution in [3.05, 3.63) is 58.6 Å². The van der Waals surface area contributed by atoms with Crippen LogP contribution in [0.4, 0.5) is 4.39 Å². The van der Waals surface area contributed by atoms with Gasteiger partial charge in [-0.25, -0.2) is 4.39 Å². The summed E-state index contributed by atoms with van der Waals surface area (Å²) in [5.74, 6) is 0.565. The Morgan fingerprint density at radius 1 is 1.37 bits per heavy atom. The predicted octanol–water partition coefficient (Wildman–Crippen LogP) is 5.07. The quantitative estimate of drug-likeness (QED) is 0.272. The van der Waals surface area contributed by atoms with Crippen molar-refractivity contribution in [2.75, 3.05) is 13.7 Å². The molecule has 1 atom stereocenters. The first kappa shape index (κ1) is 22.8. The molecule has 7 heteroatoms. The Bertz CT molecular complexity index is 693. The van der Waals surface area contributed by atoms with Gasteiger partial charge in [0, 0.05) is 18.8 Å². The molecule has 1 aliphatic carbocycles. The molecule has 0 saturated heterocycles. The fourth-order valence-corrected chi connectivity index (χ4v) is 3.21. The van der Waals surface area contributed by atoms with Gasteiger partial charge in [0.1, 0.15) is 17.0 Å². The summed E-state index contributed by atoms with van der Waals surface area (Å²) >= 11 is 1.74. The lowest BCUT2D eigenvalue weighted by Crippen LogP contribution is -2.21. The fourth-order valence-electron chi connectivity index (χ4n) is 2.16. The Labute approximate surface area is 165 Å². The van der Waals surface area contributed by atoms with E-state index in [-0.39, 0.29) is 11.2 Å². The SMILES string of the molecule is C/C(=N\O/C(C)=C(\C)C1SC=CN1C)C1=CCC=C(F)C=C1.CCOC=O. The van der Waals surface area contributed by atoms with E-state index >= 15 is 0 Å². The van der Waals surface area contributed by atoms with Crippen LogP contribution in [0.1, 0.15) is 34.1 Å². The summed E-state index contributed by atoms with van der Waals surface area (Å²) in [5.41, 5.74) is 2.74. The highest BCUT2D eigenvalue weighted by Crippen LogP contribution is 2.30. The van der Waals surface area contributed by atoms with Crippen LogP contribution in [-0.2, 0) is 14.4 Å². The first-order valence-electron chi connectivity index (χ1n) is 8.63. The molecule has 1 unspecified atom stereocenters. The minimum atomic E-state index is -0.222. The van der Waals surface area contributed by atoms with Gasteiger partial charge in [0.2, 0.25) is 0 Å². The molecule has 1 heterocycles. The average molecular weight is 395 g/mol. The third-order valence-corrected chi connectivity index (χ3v) is 5.07. The first-order valence-corrected chi connectivity index (χ1v) is 9.57. The molecule has 0 N–H and O–H groups in total. The summed E-state index contributed by atoms with van der Waals surface area (Å²) in [4.78, 5) is 16.9. The zero-order valence-electron chi connectivity index (χ0n) is 16.4. The minimum absolute atomic E-state index is 0.222. The van der Waals surface area contributed by atoms with E-state index in [0.29, 0.717) is 19.5 Å². The maximum Gasteiger partial charge on any atom is 0.293 e. The Balaban J connectivity index is 0.000000646. The lowest BCUT2D eigenvalue weighted by atomic mass is 10.1. The number of allylic oxidation sites excluding steroid dienone is 7. The Kier molecular flexibility index (Phi) is 10.3. The van der Waals surface area contributed by atoms with Crippen molar-refractivity contribution in [1.29, 1.82) is 0 Å². The largest absolute Gasteiger partial charge is 0.468 e. The average Bonchev–Trinajstić information content (AvgIpc) is 2.96. The summed E-state index contributed by atoms with van der Waals surface area (Å²) in [7, 11) is 2.04. The number of halogens is 1. The van der Waals surface area contributed by atoms with Crippen molar-refractivity contribution in [3.63, 3.8) is 0 Å². The molecule has 0 aromatic heterocycles. The normalized spacial score (nSPS) is 20.0. The minimum Gasteiger partial charge on any atom is -0.468 e. The highest BCUT2D eigenvalue weighted by atomic mass is 32.2. The van der Waals surface area contributed by atoms with Crippen LogP contribution in [-0.4, -0.2) is 36.1 Å². The number of nitrogens with zero attached hydrogens (tertiary/aromatic N) is 2. The highest BCUT2D eigenvalue weighted by Gasteiger charge is 2.20. The van der Waals surface area contributed by atoms with Crippen molar-refractivity contribution in [2.45, 2.75) is 39.5 Å². The zero-order chi connectivity index (χ0) is 20.2. The summed E-state index contributed by atoms with van der Waals surface area (Å²) in [6.07, 6.45) is 9.24. The van der Waals surface area contributed by atoms with Gasteiger partial charge in [0.05, 0.1) is 12.3 Å². The van der Waals surface area contributed by atoms with E-state index in [1.54, 1.807) is 24.8 Å². The monoisotopic (exact) mass is 394 g/mol.